The first kappa shape index (κ1) is 10.5. The van der Waals surface area contributed by atoms with Crippen LogP contribution in [0.25, 0.3) is 0 Å². The molecule has 2 heteroatoms. The highest BCUT2D eigenvalue weighted by atomic mass is 16.1. The Hall–Kier alpha value is -1.62. The molecule has 0 fully saturated rings. The third-order valence-corrected chi connectivity index (χ3v) is 1.96. The Kier molecular flexibility index (Phi) is 2.71. The van der Waals surface area contributed by atoms with Crippen molar-refractivity contribution in [2.24, 2.45) is 0 Å². The number of hydrogen-bond donors (Lipinski definition) is 0. The minimum Gasteiger partial charge on any atom is -0.298 e. The highest BCUT2D eigenvalue weighted by Gasteiger charge is 2.16. The highest BCUT2D eigenvalue weighted by Crippen LogP contribution is 2.20. The lowest BCUT2D eigenvalue weighted by molar-refractivity contribution is 0.112. The molecule has 0 aliphatic rings. The van der Waals surface area contributed by atoms with Gasteiger partial charge in [0.2, 0.25) is 0 Å². The second-order valence-electron chi connectivity index (χ2n) is 4.15. The molecule has 0 saturated heterocycles. The van der Waals surface area contributed by atoms with E-state index in [1.54, 1.807) is 6.07 Å². The maximum absolute atomic E-state index is 10.6. The van der Waals surface area contributed by atoms with E-state index in [0.29, 0.717) is 11.3 Å². The molecular weight excluding hydrogens is 174 g/mol. The molecule has 0 N–H and O–H groups in total. The van der Waals surface area contributed by atoms with Crippen molar-refractivity contribution in [3.8, 4) is 12.3 Å². The Bertz CT molecular complexity index is 394. The van der Waals surface area contributed by atoms with E-state index in [1.165, 1.54) is 0 Å². The van der Waals surface area contributed by atoms with Gasteiger partial charge in [0.05, 0.1) is 0 Å². The Morgan fingerprint density at radius 1 is 1.43 bits per heavy atom. The van der Waals surface area contributed by atoms with Crippen LogP contribution in [0.15, 0.2) is 12.1 Å². The molecular formula is C12H13NO. The van der Waals surface area contributed by atoms with Gasteiger partial charge < -0.3 is 0 Å². The van der Waals surface area contributed by atoms with Gasteiger partial charge in [-0.15, -0.1) is 6.42 Å². The Morgan fingerprint density at radius 3 is 2.50 bits per heavy atom. The van der Waals surface area contributed by atoms with Crippen LogP contribution in [0.4, 0.5) is 0 Å². The fourth-order valence-electron chi connectivity index (χ4n) is 1.10. The van der Waals surface area contributed by atoms with Crippen molar-refractivity contribution in [2.45, 2.75) is 26.2 Å². The van der Waals surface area contributed by atoms with E-state index in [2.05, 4.69) is 31.7 Å². The lowest BCUT2D eigenvalue weighted by Gasteiger charge is -2.17. The highest BCUT2D eigenvalue weighted by molar-refractivity contribution is 5.78. The minimum absolute atomic E-state index is 0.0486. The molecule has 72 valence electrons. The summed E-state index contributed by atoms with van der Waals surface area (Å²) in [4.78, 5) is 14.9. The Labute approximate surface area is 84.4 Å². The average Bonchev–Trinajstić information content (AvgIpc) is 2.15. The molecule has 0 amide bonds. The van der Waals surface area contributed by atoms with Crippen molar-refractivity contribution in [3.63, 3.8) is 0 Å². The minimum atomic E-state index is -0.0486. The standard InChI is InChI=1S/C12H13NO/c1-5-10-9(8-14)6-7-11(13-10)12(2,3)4/h1,6-8H,2-4H3. The molecule has 0 aliphatic heterocycles. The lowest BCUT2D eigenvalue weighted by Crippen LogP contribution is -2.14. The van der Waals surface area contributed by atoms with Crippen LogP contribution in [0.3, 0.4) is 0 Å². The largest absolute Gasteiger partial charge is 0.298 e. The number of aldehydes is 1. The molecule has 14 heavy (non-hydrogen) atoms. The van der Waals surface area contributed by atoms with Crippen molar-refractivity contribution < 1.29 is 4.79 Å². The van der Waals surface area contributed by atoms with Crippen molar-refractivity contribution in [2.75, 3.05) is 0 Å². The summed E-state index contributed by atoms with van der Waals surface area (Å²) in [7, 11) is 0. The Balaban J connectivity index is 3.30. The van der Waals surface area contributed by atoms with Crippen LogP contribution in [-0.4, -0.2) is 11.3 Å². The zero-order valence-electron chi connectivity index (χ0n) is 8.66. The number of rotatable bonds is 1. The molecule has 2 nitrogen and oxygen atoms in total. The molecule has 0 aromatic carbocycles. The van der Waals surface area contributed by atoms with Gasteiger partial charge in [0, 0.05) is 16.7 Å². The number of carbonyl (C=O) groups is 1. The molecule has 0 bridgehead atoms. The van der Waals surface area contributed by atoms with Gasteiger partial charge in [0.25, 0.3) is 0 Å². The summed E-state index contributed by atoms with van der Waals surface area (Å²) in [5, 5.41) is 0. The smallest absolute Gasteiger partial charge is 0.152 e. The third kappa shape index (κ3) is 2.00. The molecule has 0 radical (unpaired) electrons. The van der Waals surface area contributed by atoms with Gasteiger partial charge in [-0.05, 0) is 18.1 Å². The van der Waals surface area contributed by atoms with Crippen LogP contribution in [0.5, 0.6) is 0 Å². The normalized spacial score (nSPS) is 10.7. The zero-order valence-corrected chi connectivity index (χ0v) is 8.66. The summed E-state index contributed by atoms with van der Waals surface area (Å²) in [6.07, 6.45) is 6.00. The zero-order chi connectivity index (χ0) is 10.8. The maximum atomic E-state index is 10.6. The van der Waals surface area contributed by atoms with Gasteiger partial charge >= 0.3 is 0 Å². The van der Waals surface area contributed by atoms with Crippen LogP contribution >= 0.6 is 0 Å². The molecule has 1 aromatic rings. The quantitative estimate of drug-likeness (QED) is 0.498. The van der Waals surface area contributed by atoms with Gasteiger partial charge in [0.15, 0.2) is 6.29 Å². The van der Waals surface area contributed by atoms with Gasteiger partial charge in [-0.25, -0.2) is 4.98 Å². The first-order chi connectivity index (χ1) is 6.49. The monoisotopic (exact) mass is 187 g/mol. The van der Waals surface area contributed by atoms with Crippen LogP contribution in [0.1, 0.15) is 42.5 Å². The second kappa shape index (κ2) is 3.63. The topological polar surface area (TPSA) is 30.0 Å². The summed E-state index contributed by atoms with van der Waals surface area (Å²) >= 11 is 0. The van der Waals surface area contributed by atoms with Crippen LogP contribution in [0, 0.1) is 12.3 Å². The van der Waals surface area contributed by atoms with E-state index < -0.39 is 0 Å². The first-order valence-electron chi connectivity index (χ1n) is 4.42. The molecule has 1 aromatic heterocycles. The SMILES string of the molecule is C#Cc1nc(C(C)(C)C)ccc1C=O. The molecule has 0 unspecified atom stereocenters. The Morgan fingerprint density at radius 2 is 2.07 bits per heavy atom. The van der Waals surface area contributed by atoms with E-state index in [-0.39, 0.29) is 5.41 Å². The van der Waals surface area contributed by atoms with Crippen molar-refractivity contribution in [1.29, 1.82) is 0 Å². The molecule has 1 heterocycles. The molecule has 0 saturated carbocycles. The van der Waals surface area contributed by atoms with Gasteiger partial charge in [-0.1, -0.05) is 20.8 Å². The van der Waals surface area contributed by atoms with Crippen molar-refractivity contribution >= 4 is 6.29 Å². The van der Waals surface area contributed by atoms with Crippen LogP contribution in [0.2, 0.25) is 0 Å². The summed E-state index contributed by atoms with van der Waals surface area (Å²) in [6, 6.07) is 3.56. The van der Waals surface area contributed by atoms with E-state index in [4.69, 9.17) is 6.42 Å². The van der Waals surface area contributed by atoms with Gasteiger partial charge in [-0.2, -0.15) is 0 Å². The number of pyridine rings is 1. The van der Waals surface area contributed by atoms with Crippen LogP contribution in [-0.2, 0) is 5.41 Å². The molecule has 1 rings (SSSR count). The second-order valence-corrected chi connectivity index (χ2v) is 4.15. The van der Waals surface area contributed by atoms with Gasteiger partial charge in [0.1, 0.15) is 5.69 Å². The average molecular weight is 187 g/mol. The first-order valence-corrected chi connectivity index (χ1v) is 4.42. The summed E-state index contributed by atoms with van der Waals surface area (Å²) < 4.78 is 0. The number of terminal acetylenes is 1. The number of carbonyl (C=O) groups excluding carboxylic acids is 1. The van der Waals surface area contributed by atoms with E-state index >= 15 is 0 Å². The predicted octanol–water partition coefficient (Wildman–Crippen LogP) is 2.17. The van der Waals surface area contributed by atoms with Crippen molar-refractivity contribution in [1.82, 2.24) is 4.98 Å². The van der Waals surface area contributed by atoms with Crippen LogP contribution < -0.4 is 0 Å². The molecule has 0 atom stereocenters. The molecule has 0 aliphatic carbocycles. The fourth-order valence-corrected chi connectivity index (χ4v) is 1.10. The third-order valence-electron chi connectivity index (χ3n) is 1.96. The number of aromatic nitrogens is 1. The number of nitrogens with zero attached hydrogens (tertiary/aromatic N) is 1. The summed E-state index contributed by atoms with van der Waals surface area (Å²) in [5.74, 6) is 2.42. The number of hydrogen-bond acceptors (Lipinski definition) is 2. The van der Waals surface area contributed by atoms with Gasteiger partial charge in [-0.3, -0.25) is 4.79 Å². The van der Waals surface area contributed by atoms with E-state index in [1.807, 2.05) is 6.07 Å². The predicted molar refractivity (Wildman–Crippen MR) is 56.3 cm³/mol. The van der Waals surface area contributed by atoms with Crippen molar-refractivity contribution in [3.05, 3.63) is 29.1 Å². The fraction of sp³-hybridized carbons (Fsp3) is 0.333. The summed E-state index contributed by atoms with van der Waals surface area (Å²) in [5.41, 5.74) is 1.75. The lowest BCUT2D eigenvalue weighted by atomic mass is 9.91. The van der Waals surface area contributed by atoms with E-state index in [0.717, 1.165) is 12.0 Å². The molecule has 0 spiro atoms. The summed E-state index contributed by atoms with van der Waals surface area (Å²) in [6.45, 7) is 6.16. The maximum Gasteiger partial charge on any atom is 0.152 e. The van der Waals surface area contributed by atoms with E-state index in [9.17, 15) is 4.79 Å².